The van der Waals surface area contributed by atoms with Crippen molar-refractivity contribution in [3.8, 4) is 0 Å². The molecule has 1 aromatic carbocycles. The third-order valence-corrected chi connectivity index (χ3v) is 3.33. The minimum atomic E-state index is -0.218. The summed E-state index contributed by atoms with van der Waals surface area (Å²) in [6.45, 7) is 0. The molecule has 0 unspecified atom stereocenters. The SMILES string of the molecule is O=C(Nc1ccc(Cl)cc1)C(Br)=CBr. The van der Waals surface area contributed by atoms with E-state index in [1.54, 1.807) is 24.3 Å². The molecule has 0 aromatic heterocycles. The molecular formula is C9H6Br2ClNO. The van der Waals surface area contributed by atoms with Crippen LogP contribution in [-0.4, -0.2) is 5.91 Å². The Kier molecular flexibility index (Phi) is 4.65. The van der Waals surface area contributed by atoms with Gasteiger partial charge in [0.15, 0.2) is 0 Å². The molecule has 74 valence electrons. The van der Waals surface area contributed by atoms with Crippen molar-refractivity contribution in [2.45, 2.75) is 0 Å². The first-order chi connectivity index (χ1) is 6.63. The summed E-state index contributed by atoms with van der Waals surface area (Å²) in [4.78, 5) is 12.8. The minimum absolute atomic E-state index is 0.218. The van der Waals surface area contributed by atoms with Gasteiger partial charge in [0.2, 0.25) is 0 Å². The van der Waals surface area contributed by atoms with Crippen molar-refractivity contribution in [3.05, 3.63) is 38.8 Å². The summed E-state index contributed by atoms with van der Waals surface area (Å²) >= 11 is 11.8. The molecule has 0 fully saturated rings. The van der Waals surface area contributed by atoms with E-state index in [2.05, 4.69) is 37.2 Å². The van der Waals surface area contributed by atoms with Gasteiger partial charge >= 0.3 is 0 Å². The molecule has 0 saturated carbocycles. The number of hydrogen-bond acceptors (Lipinski definition) is 1. The van der Waals surface area contributed by atoms with E-state index in [-0.39, 0.29) is 5.91 Å². The van der Waals surface area contributed by atoms with Gasteiger partial charge in [-0.15, -0.1) is 0 Å². The van der Waals surface area contributed by atoms with E-state index < -0.39 is 0 Å². The van der Waals surface area contributed by atoms with Gasteiger partial charge < -0.3 is 5.32 Å². The minimum Gasteiger partial charge on any atom is -0.322 e. The summed E-state index contributed by atoms with van der Waals surface area (Å²) in [5, 5.41) is 3.31. The zero-order valence-electron chi connectivity index (χ0n) is 6.93. The van der Waals surface area contributed by atoms with Crippen LogP contribution in [0.1, 0.15) is 0 Å². The summed E-state index contributed by atoms with van der Waals surface area (Å²) in [6.07, 6.45) is 0. The van der Waals surface area contributed by atoms with Crippen LogP contribution in [0.3, 0.4) is 0 Å². The van der Waals surface area contributed by atoms with Gasteiger partial charge in [0.05, 0.1) is 4.48 Å². The lowest BCUT2D eigenvalue weighted by atomic mass is 10.3. The quantitative estimate of drug-likeness (QED) is 0.813. The van der Waals surface area contributed by atoms with E-state index in [4.69, 9.17) is 11.6 Å². The van der Waals surface area contributed by atoms with Gasteiger partial charge in [-0.05, 0) is 40.2 Å². The predicted octanol–water partition coefficient (Wildman–Crippen LogP) is 3.91. The number of carbonyl (C=O) groups excluding carboxylic acids is 1. The molecule has 2 nitrogen and oxygen atoms in total. The Balaban J connectivity index is 2.70. The second-order valence-electron chi connectivity index (χ2n) is 2.42. The average Bonchev–Trinajstić information content (AvgIpc) is 2.20. The van der Waals surface area contributed by atoms with Gasteiger partial charge in [-0.2, -0.15) is 0 Å². The monoisotopic (exact) mass is 337 g/mol. The van der Waals surface area contributed by atoms with Gasteiger partial charge in [-0.25, -0.2) is 0 Å². The summed E-state index contributed by atoms with van der Waals surface area (Å²) in [5.74, 6) is -0.218. The Hall–Kier alpha value is -0.320. The number of carbonyl (C=O) groups is 1. The molecule has 0 aliphatic rings. The lowest BCUT2D eigenvalue weighted by Crippen LogP contribution is -2.10. The summed E-state index contributed by atoms with van der Waals surface area (Å²) in [5.41, 5.74) is 0.700. The second-order valence-corrected chi connectivity index (χ2v) is 4.17. The average molecular weight is 339 g/mol. The fraction of sp³-hybridized carbons (Fsp3) is 0. The fourth-order valence-electron chi connectivity index (χ4n) is 0.774. The van der Waals surface area contributed by atoms with Crippen molar-refractivity contribution in [1.82, 2.24) is 0 Å². The second kappa shape index (κ2) is 5.53. The van der Waals surface area contributed by atoms with Crippen LogP contribution in [0.15, 0.2) is 33.7 Å². The van der Waals surface area contributed by atoms with E-state index in [1.165, 1.54) is 4.99 Å². The van der Waals surface area contributed by atoms with Crippen LogP contribution < -0.4 is 5.32 Å². The third kappa shape index (κ3) is 3.44. The number of benzene rings is 1. The predicted molar refractivity (Wildman–Crippen MR) is 66.0 cm³/mol. The van der Waals surface area contributed by atoms with Crippen molar-refractivity contribution in [3.63, 3.8) is 0 Å². The lowest BCUT2D eigenvalue weighted by molar-refractivity contribution is -0.112. The molecule has 0 saturated heterocycles. The largest absolute Gasteiger partial charge is 0.322 e. The fourth-order valence-corrected chi connectivity index (χ4v) is 1.21. The Bertz CT molecular complexity index is 362. The summed E-state index contributed by atoms with van der Waals surface area (Å²) in [6, 6.07) is 6.88. The molecule has 0 spiro atoms. The highest BCUT2D eigenvalue weighted by Crippen LogP contribution is 2.16. The normalized spacial score (nSPS) is 11.2. The first kappa shape index (κ1) is 11.8. The molecule has 1 amide bonds. The molecule has 1 N–H and O–H groups in total. The first-order valence-electron chi connectivity index (χ1n) is 3.66. The highest BCUT2D eigenvalue weighted by Gasteiger charge is 2.04. The van der Waals surface area contributed by atoms with Gasteiger partial charge in [0.25, 0.3) is 5.91 Å². The smallest absolute Gasteiger partial charge is 0.263 e. The van der Waals surface area contributed by atoms with E-state index in [9.17, 15) is 4.79 Å². The Morgan fingerprint density at radius 2 is 1.93 bits per heavy atom. The van der Waals surface area contributed by atoms with Gasteiger partial charge in [-0.3, -0.25) is 4.79 Å². The molecule has 0 aliphatic heterocycles. The zero-order chi connectivity index (χ0) is 10.6. The highest BCUT2D eigenvalue weighted by molar-refractivity contribution is 9.14. The van der Waals surface area contributed by atoms with Crippen molar-refractivity contribution in [2.24, 2.45) is 0 Å². The Morgan fingerprint density at radius 3 is 2.43 bits per heavy atom. The van der Waals surface area contributed by atoms with Gasteiger partial charge in [0.1, 0.15) is 0 Å². The van der Waals surface area contributed by atoms with Crippen molar-refractivity contribution >= 4 is 55.1 Å². The standard InChI is InChI=1S/C9H6Br2ClNO/c10-5-8(11)9(14)13-7-3-1-6(12)2-4-7/h1-5H,(H,13,14). The maximum atomic E-state index is 11.3. The van der Waals surface area contributed by atoms with Crippen LogP contribution in [0.4, 0.5) is 5.69 Å². The van der Waals surface area contributed by atoms with Crippen LogP contribution in [0, 0.1) is 0 Å². The number of amides is 1. The number of anilines is 1. The van der Waals surface area contributed by atoms with E-state index >= 15 is 0 Å². The Labute approximate surface area is 104 Å². The van der Waals surface area contributed by atoms with E-state index in [1.807, 2.05) is 0 Å². The topological polar surface area (TPSA) is 29.1 Å². The molecule has 5 heteroatoms. The molecule has 14 heavy (non-hydrogen) atoms. The number of halogens is 3. The maximum absolute atomic E-state index is 11.3. The van der Waals surface area contributed by atoms with Crippen molar-refractivity contribution < 1.29 is 4.79 Å². The van der Waals surface area contributed by atoms with Crippen LogP contribution in [0.5, 0.6) is 0 Å². The zero-order valence-corrected chi connectivity index (χ0v) is 10.9. The Morgan fingerprint density at radius 1 is 1.36 bits per heavy atom. The molecule has 0 aliphatic carbocycles. The van der Waals surface area contributed by atoms with Crippen molar-refractivity contribution in [2.75, 3.05) is 5.32 Å². The molecule has 0 heterocycles. The molecule has 0 bridgehead atoms. The molecule has 1 aromatic rings. The molecular weight excluding hydrogens is 333 g/mol. The third-order valence-electron chi connectivity index (χ3n) is 1.41. The highest BCUT2D eigenvalue weighted by atomic mass is 79.9. The van der Waals surface area contributed by atoms with Crippen LogP contribution >= 0.6 is 43.5 Å². The number of rotatable bonds is 2. The van der Waals surface area contributed by atoms with Crippen LogP contribution in [0.25, 0.3) is 0 Å². The van der Waals surface area contributed by atoms with Crippen LogP contribution in [0.2, 0.25) is 5.02 Å². The lowest BCUT2D eigenvalue weighted by Gasteiger charge is -2.03. The molecule has 0 radical (unpaired) electrons. The number of hydrogen-bond donors (Lipinski definition) is 1. The van der Waals surface area contributed by atoms with E-state index in [0.717, 1.165) is 0 Å². The number of nitrogens with one attached hydrogen (secondary N) is 1. The van der Waals surface area contributed by atoms with Gasteiger partial charge in [0, 0.05) is 15.7 Å². The molecule has 0 atom stereocenters. The maximum Gasteiger partial charge on any atom is 0.263 e. The first-order valence-corrected chi connectivity index (χ1v) is 5.75. The molecule has 1 rings (SSSR count). The summed E-state index contributed by atoms with van der Waals surface area (Å²) in [7, 11) is 0. The van der Waals surface area contributed by atoms with Gasteiger partial charge in [-0.1, -0.05) is 27.5 Å². The van der Waals surface area contributed by atoms with Crippen LogP contribution in [-0.2, 0) is 4.79 Å². The van der Waals surface area contributed by atoms with E-state index in [0.29, 0.717) is 15.2 Å². The summed E-state index contributed by atoms with van der Waals surface area (Å²) < 4.78 is 0.424. The van der Waals surface area contributed by atoms with Crippen molar-refractivity contribution in [1.29, 1.82) is 0 Å².